The molecule has 7 heteroatoms. The smallest absolute Gasteiger partial charge is 0.337 e. The topological polar surface area (TPSA) is 133 Å². The highest BCUT2D eigenvalue weighted by atomic mass is 16.5. The third-order valence-electron chi connectivity index (χ3n) is 3.99. The highest BCUT2D eigenvalue weighted by Crippen LogP contribution is 2.22. The standard InChI is InChI=1S/C19H20N2O5/c1-26-18(25)14-6-4-13(5-7-14)17(24)19(21,11-16(22)23)10-12-2-8-15(20)9-3-12/h2-9H,10-11,20-21H2,1H3,(H,22,23)/t19-/m1/s1. The van der Waals surface area contributed by atoms with Gasteiger partial charge in [-0.15, -0.1) is 0 Å². The number of hydrogen-bond donors (Lipinski definition) is 3. The van der Waals surface area contributed by atoms with E-state index in [4.69, 9.17) is 11.5 Å². The highest BCUT2D eigenvalue weighted by Gasteiger charge is 2.37. The molecule has 7 nitrogen and oxygen atoms in total. The van der Waals surface area contributed by atoms with Gasteiger partial charge >= 0.3 is 11.9 Å². The van der Waals surface area contributed by atoms with E-state index in [1.165, 1.54) is 31.4 Å². The molecule has 26 heavy (non-hydrogen) atoms. The van der Waals surface area contributed by atoms with Crippen LogP contribution in [-0.4, -0.2) is 35.5 Å². The second-order valence-corrected chi connectivity index (χ2v) is 6.04. The van der Waals surface area contributed by atoms with Gasteiger partial charge in [0.2, 0.25) is 0 Å². The van der Waals surface area contributed by atoms with Gasteiger partial charge < -0.3 is 21.3 Å². The summed E-state index contributed by atoms with van der Waals surface area (Å²) < 4.78 is 4.61. The molecule has 0 unspecified atom stereocenters. The Morgan fingerprint density at radius 2 is 1.54 bits per heavy atom. The predicted molar refractivity (Wildman–Crippen MR) is 95.8 cm³/mol. The molecule has 0 amide bonds. The Balaban J connectivity index is 2.32. The van der Waals surface area contributed by atoms with Crippen molar-refractivity contribution in [1.29, 1.82) is 0 Å². The summed E-state index contributed by atoms with van der Waals surface area (Å²) in [6, 6.07) is 12.5. The fourth-order valence-corrected chi connectivity index (χ4v) is 2.66. The van der Waals surface area contributed by atoms with Crippen molar-refractivity contribution in [2.75, 3.05) is 12.8 Å². The first-order valence-corrected chi connectivity index (χ1v) is 7.83. The normalized spacial score (nSPS) is 12.8. The summed E-state index contributed by atoms with van der Waals surface area (Å²) in [7, 11) is 1.26. The van der Waals surface area contributed by atoms with Gasteiger partial charge in [-0.25, -0.2) is 4.79 Å². The van der Waals surface area contributed by atoms with Gasteiger partial charge in [0.15, 0.2) is 5.78 Å². The van der Waals surface area contributed by atoms with Crippen molar-refractivity contribution in [2.45, 2.75) is 18.4 Å². The average molecular weight is 356 g/mol. The SMILES string of the molecule is COC(=O)c1ccc(C(=O)[C@](N)(CC(=O)O)Cc2ccc(N)cc2)cc1. The van der Waals surface area contributed by atoms with Crippen LogP contribution in [0.25, 0.3) is 0 Å². The van der Waals surface area contributed by atoms with E-state index in [2.05, 4.69) is 4.74 Å². The Bertz CT molecular complexity index is 815. The third-order valence-corrected chi connectivity index (χ3v) is 3.99. The number of ketones is 1. The first-order chi connectivity index (χ1) is 12.2. The van der Waals surface area contributed by atoms with E-state index >= 15 is 0 Å². The van der Waals surface area contributed by atoms with Crippen molar-refractivity contribution < 1.29 is 24.2 Å². The third kappa shape index (κ3) is 4.46. The first kappa shape index (κ1) is 19.1. The fourth-order valence-electron chi connectivity index (χ4n) is 2.66. The van der Waals surface area contributed by atoms with Gasteiger partial charge in [0.05, 0.1) is 24.6 Å². The average Bonchev–Trinajstić information content (AvgIpc) is 2.62. The predicted octanol–water partition coefficient (Wildman–Crippen LogP) is 1.65. The molecule has 5 N–H and O–H groups in total. The van der Waals surface area contributed by atoms with Crippen LogP contribution < -0.4 is 11.5 Å². The number of Topliss-reactive ketones (excluding diaryl/α,β-unsaturated/α-hetero) is 1. The number of carbonyl (C=O) groups excluding carboxylic acids is 2. The minimum absolute atomic E-state index is 0.0389. The summed E-state index contributed by atoms with van der Waals surface area (Å²) in [5, 5.41) is 9.20. The van der Waals surface area contributed by atoms with Crippen LogP contribution >= 0.6 is 0 Å². The zero-order chi connectivity index (χ0) is 19.3. The number of rotatable bonds is 7. The van der Waals surface area contributed by atoms with E-state index in [9.17, 15) is 19.5 Å². The van der Waals surface area contributed by atoms with Gasteiger partial charge in [0, 0.05) is 11.3 Å². The van der Waals surface area contributed by atoms with Crippen LogP contribution in [0.5, 0.6) is 0 Å². The van der Waals surface area contributed by atoms with Crippen molar-refractivity contribution in [1.82, 2.24) is 0 Å². The van der Waals surface area contributed by atoms with Crippen LogP contribution in [0.15, 0.2) is 48.5 Å². The molecule has 2 aromatic carbocycles. The Kier molecular flexibility index (Phi) is 5.74. The fraction of sp³-hybridized carbons (Fsp3) is 0.211. The number of nitrogens with two attached hydrogens (primary N) is 2. The lowest BCUT2D eigenvalue weighted by Gasteiger charge is -2.26. The van der Waals surface area contributed by atoms with Crippen LogP contribution in [0.1, 0.15) is 32.7 Å². The number of benzene rings is 2. The monoisotopic (exact) mass is 356 g/mol. The minimum atomic E-state index is -1.63. The second-order valence-electron chi connectivity index (χ2n) is 6.04. The molecule has 0 fully saturated rings. The van der Waals surface area contributed by atoms with E-state index in [1.54, 1.807) is 24.3 Å². The number of carboxylic acids is 1. The molecule has 0 saturated heterocycles. The number of anilines is 1. The summed E-state index contributed by atoms with van der Waals surface area (Å²) in [5.41, 5.74) is 12.0. The van der Waals surface area contributed by atoms with Crippen molar-refractivity contribution in [3.8, 4) is 0 Å². The maximum atomic E-state index is 12.9. The van der Waals surface area contributed by atoms with E-state index in [0.717, 1.165) is 0 Å². The number of aliphatic carboxylic acids is 1. The van der Waals surface area contributed by atoms with Gasteiger partial charge in [-0.05, 0) is 36.2 Å². The number of methoxy groups -OCH3 is 1. The van der Waals surface area contributed by atoms with E-state index in [1.807, 2.05) is 0 Å². The molecular weight excluding hydrogens is 336 g/mol. The quantitative estimate of drug-likeness (QED) is 0.390. The van der Waals surface area contributed by atoms with E-state index in [0.29, 0.717) is 11.3 Å². The molecule has 2 aromatic rings. The Morgan fingerprint density at radius 3 is 2.04 bits per heavy atom. The first-order valence-electron chi connectivity index (χ1n) is 7.83. The summed E-state index contributed by atoms with van der Waals surface area (Å²) in [6.07, 6.45) is -0.494. The largest absolute Gasteiger partial charge is 0.481 e. The van der Waals surface area contributed by atoms with Gasteiger partial charge in [-0.1, -0.05) is 24.3 Å². The van der Waals surface area contributed by atoms with Crippen LogP contribution in [-0.2, 0) is 16.0 Å². The van der Waals surface area contributed by atoms with Crippen molar-refractivity contribution in [2.24, 2.45) is 5.73 Å². The molecule has 0 radical (unpaired) electrons. The Hall–Kier alpha value is -3.19. The number of nitrogen functional groups attached to an aromatic ring is 1. The van der Waals surface area contributed by atoms with Gasteiger partial charge in [0.1, 0.15) is 0 Å². The molecule has 0 aromatic heterocycles. The van der Waals surface area contributed by atoms with Crippen molar-refractivity contribution >= 4 is 23.4 Å². The lowest BCUT2D eigenvalue weighted by molar-refractivity contribution is -0.138. The minimum Gasteiger partial charge on any atom is -0.481 e. The van der Waals surface area contributed by atoms with Crippen LogP contribution in [0.4, 0.5) is 5.69 Å². The summed E-state index contributed by atoms with van der Waals surface area (Å²) in [6.45, 7) is 0. The second kappa shape index (κ2) is 7.79. The molecule has 0 heterocycles. The summed E-state index contributed by atoms with van der Waals surface area (Å²) in [5.74, 6) is -2.23. The number of esters is 1. The van der Waals surface area contributed by atoms with E-state index < -0.39 is 29.7 Å². The molecule has 136 valence electrons. The van der Waals surface area contributed by atoms with Gasteiger partial charge in [0.25, 0.3) is 0 Å². The van der Waals surface area contributed by atoms with E-state index in [-0.39, 0.29) is 17.5 Å². The Labute approximate surface area is 150 Å². The summed E-state index contributed by atoms with van der Waals surface area (Å²) >= 11 is 0. The van der Waals surface area contributed by atoms with Crippen molar-refractivity contribution in [3.63, 3.8) is 0 Å². The zero-order valence-corrected chi connectivity index (χ0v) is 14.3. The molecule has 0 saturated carbocycles. The molecule has 0 aliphatic carbocycles. The number of carbonyl (C=O) groups is 3. The van der Waals surface area contributed by atoms with Gasteiger partial charge in [-0.3, -0.25) is 9.59 Å². The summed E-state index contributed by atoms with van der Waals surface area (Å²) in [4.78, 5) is 35.6. The lowest BCUT2D eigenvalue weighted by atomic mass is 9.81. The molecule has 0 aliphatic heterocycles. The molecular formula is C19H20N2O5. The Morgan fingerprint density at radius 1 is 1.00 bits per heavy atom. The molecule has 2 rings (SSSR count). The molecule has 0 aliphatic rings. The van der Waals surface area contributed by atoms with Crippen molar-refractivity contribution in [3.05, 3.63) is 65.2 Å². The molecule has 0 bridgehead atoms. The van der Waals surface area contributed by atoms with Crippen LogP contribution in [0.2, 0.25) is 0 Å². The molecule has 0 spiro atoms. The van der Waals surface area contributed by atoms with Crippen LogP contribution in [0.3, 0.4) is 0 Å². The highest BCUT2D eigenvalue weighted by molar-refractivity contribution is 6.05. The lowest BCUT2D eigenvalue weighted by Crippen LogP contribution is -2.51. The number of carboxylic acid groups (broad SMARTS) is 1. The number of hydrogen-bond acceptors (Lipinski definition) is 6. The van der Waals surface area contributed by atoms with Crippen LogP contribution in [0, 0.1) is 0 Å². The number of ether oxygens (including phenoxy) is 1. The molecule has 1 atom stereocenters. The van der Waals surface area contributed by atoms with Gasteiger partial charge in [-0.2, -0.15) is 0 Å². The maximum absolute atomic E-state index is 12.9. The zero-order valence-electron chi connectivity index (χ0n) is 14.3. The maximum Gasteiger partial charge on any atom is 0.337 e.